The Morgan fingerprint density at radius 1 is 1.23 bits per heavy atom. The number of halogens is 1. The van der Waals surface area contributed by atoms with Crippen LogP contribution < -0.4 is 5.32 Å². The number of amides is 1. The van der Waals surface area contributed by atoms with Crippen LogP contribution in [0.25, 0.3) is 0 Å². The van der Waals surface area contributed by atoms with Crippen molar-refractivity contribution < 1.29 is 4.79 Å². The molecule has 3 rings (SSSR count). The molecule has 0 fully saturated rings. The molecule has 1 atom stereocenters. The van der Waals surface area contributed by atoms with Crippen molar-refractivity contribution in [2.24, 2.45) is 0 Å². The van der Waals surface area contributed by atoms with Crippen molar-refractivity contribution in [1.29, 1.82) is 0 Å². The third kappa shape index (κ3) is 3.54. The normalized spacial score (nSPS) is 14.7. The van der Waals surface area contributed by atoms with Crippen LogP contribution in [-0.2, 0) is 13.0 Å². The maximum Gasteiger partial charge on any atom is 0.273 e. The Morgan fingerprint density at radius 2 is 1.96 bits per heavy atom. The predicted octanol–water partition coefficient (Wildman–Crippen LogP) is 4.15. The molecule has 0 aliphatic carbocycles. The first kappa shape index (κ1) is 18.6. The number of anilines is 1. The molecule has 1 aliphatic heterocycles. The average molecular weight is 373 g/mol. The highest BCUT2D eigenvalue weighted by molar-refractivity contribution is 6.28. The molecular formula is C20H25ClN4O. The second-order valence-electron chi connectivity index (χ2n) is 7.30. The van der Waals surface area contributed by atoms with Crippen molar-refractivity contribution in [2.75, 3.05) is 5.32 Å². The van der Waals surface area contributed by atoms with E-state index in [2.05, 4.69) is 54.3 Å². The zero-order chi connectivity index (χ0) is 19.0. The van der Waals surface area contributed by atoms with Gasteiger partial charge in [-0.05, 0) is 69.3 Å². The van der Waals surface area contributed by atoms with Gasteiger partial charge in [0, 0.05) is 17.6 Å². The van der Waals surface area contributed by atoms with Crippen LogP contribution in [0.1, 0.15) is 53.5 Å². The van der Waals surface area contributed by atoms with E-state index in [0.29, 0.717) is 18.1 Å². The summed E-state index contributed by atoms with van der Waals surface area (Å²) in [5.74, 6) is 0.582. The number of benzene rings is 1. The van der Waals surface area contributed by atoms with Crippen LogP contribution in [0.3, 0.4) is 0 Å². The van der Waals surface area contributed by atoms with Crippen LogP contribution in [0.5, 0.6) is 0 Å². The summed E-state index contributed by atoms with van der Waals surface area (Å²) in [6.45, 7) is 10.9. The van der Waals surface area contributed by atoms with E-state index in [4.69, 9.17) is 11.6 Å². The van der Waals surface area contributed by atoms with Gasteiger partial charge in [0.05, 0.1) is 6.54 Å². The molecule has 1 aliphatic rings. The number of fused-ring (bicyclic) bond motifs is 1. The molecule has 26 heavy (non-hydrogen) atoms. The lowest BCUT2D eigenvalue weighted by Crippen LogP contribution is -2.31. The molecule has 1 N–H and O–H groups in total. The van der Waals surface area contributed by atoms with Gasteiger partial charge in [0.1, 0.15) is 11.5 Å². The van der Waals surface area contributed by atoms with Crippen LogP contribution in [0.15, 0.2) is 18.2 Å². The number of rotatable bonds is 5. The summed E-state index contributed by atoms with van der Waals surface area (Å²) in [6, 6.07) is 6.62. The summed E-state index contributed by atoms with van der Waals surface area (Å²) in [4.78, 5) is 22.9. The molecule has 0 spiro atoms. The first-order valence-electron chi connectivity index (χ1n) is 8.97. The predicted molar refractivity (Wildman–Crippen MR) is 105 cm³/mol. The second kappa shape index (κ2) is 7.23. The minimum Gasteiger partial charge on any atom is -0.367 e. The van der Waals surface area contributed by atoms with Gasteiger partial charge in [0.15, 0.2) is 0 Å². The summed E-state index contributed by atoms with van der Waals surface area (Å²) < 4.78 is 0. The number of nitrogens with one attached hydrogen (secondary N) is 1. The van der Waals surface area contributed by atoms with Crippen LogP contribution >= 0.6 is 11.6 Å². The van der Waals surface area contributed by atoms with E-state index < -0.39 is 0 Å². The Balaban J connectivity index is 1.84. The van der Waals surface area contributed by atoms with Gasteiger partial charge in [0.25, 0.3) is 5.91 Å². The third-order valence-corrected chi connectivity index (χ3v) is 5.19. The van der Waals surface area contributed by atoms with Crippen molar-refractivity contribution >= 4 is 23.3 Å². The Kier molecular flexibility index (Phi) is 5.19. The van der Waals surface area contributed by atoms with E-state index in [1.54, 1.807) is 4.90 Å². The lowest BCUT2D eigenvalue weighted by atomic mass is 9.98. The van der Waals surface area contributed by atoms with E-state index in [0.717, 1.165) is 12.0 Å². The van der Waals surface area contributed by atoms with Gasteiger partial charge in [-0.25, -0.2) is 9.97 Å². The fraction of sp³-hybridized carbons (Fsp3) is 0.450. The minimum absolute atomic E-state index is 0.0791. The Labute approximate surface area is 159 Å². The van der Waals surface area contributed by atoms with Crippen molar-refractivity contribution in [3.8, 4) is 0 Å². The third-order valence-electron chi connectivity index (χ3n) is 5.02. The van der Waals surface area contributed by atoms with E-state index >= 15 is 0 Å². The molecule has 0 radical (unpaired) electrons. The molecule has 2 aromatic rings. The standard InChI is InChI=1S/C20H25ClN4O/c1-11(2)25-10-16-17(19(25)26)23-20(21)24-18(16)22-13(4)9-15-8-6-7-12(3)14(15)5/h6-8,11,13H,9-10H2,1-5H3,(H,22,23,24). The zero-order valence-electron chi connectivity index (χ0n) is 15.9. The molecule has 0 saturated carbocycles. The van der Waals surface area contributed by atoms with Gasteiger partial charge < -0.3 is 10.2 Å². The fourth-order valence-corrected chi connectivity index (χ4v) is 3.51. The lowest BCUT2D eigenvalue weighted by Gasteiger charge is -2.20. The molecule has 1 aromatic heterocycles. The van der Waals surface area contributed by atoms with E-state index in [1.165, 1.54) is 16.7 Å². The van der Waals surface area contributed by atoms with Gasteiger partial charge in [0.2, 0.25) is 5.28 Å². The maximum absolute atomic E-state index is 12.6. The molecule has 2 heterocycles. The highest BCUT2D eigenvalue weighted by Gasteiger charge is 2.34. The number of aryl methyl sites for hydroxylation is 1. The molecular weight excluding hydrogens is 348 g/mol. The smallest absolute Gasteiger partial charge is 0.273 e. The highest BCUT2D eigenvalue weighted by Crippen LogP contribution is 2.30. The number of carbonyl (C=O) groups is 1. The molecule has 138 valence electrons. The Hall–Kier alpha value is -2.14. The summed E-state index contributed by atoms with van der Waals surface area (Å²) >= 11 is 6.08. The van der Waals surface area contributed by atoms with Crippen molar-refractivity contribution in [2.45, 2.75) is 59.7 Å². The molecule has 0 saturated heterocycles. The topological polar surface area (TPSA) is 58.1 Å². The summed E-state index contributed by atoms with van der Waals surface area (Å²) in [7, 11) is 0. The van der Waals surface area contributed by atoms with Gasteiger partial charge >= 0.3 is 0 Å². The largest absolute Gasteiger partial charge is 0.367 e. The zero-order valence-corrected chi connectivity index (χ0v) is 16.7. The highest BCUT2D eigenvalue weighted by atomic mass is 35.5. The maximum atomic E-state index is 12.6. The quantitative estimate of drug-likeness (QED) is 0.801. The number of aromatic nitrogens is 2. The van der Waals surface area contributed by atoms with E-state index in [-0.39, 0.29) is 23.3 Å². The Bertz CT molecular complexity index is 850. The van der Waals surface area contributed by atoms with Gasteiger partial charge in [-0.3, -0.25) is 4.79 Å². The average Bonchev–Trinajstić information content (AvgIpc) is 2.89. The Morgan fingerprint density at radius 3 is 2.65 bits per heavy atom. The number of nitrogens with zero attached hydrogens (tertiary/aromatic N) is 3. The van der Waals surface area contributed by atoms with E-state index in [1.807, 2.05) is 13.8 Å². The lowest BCUT2D eigenvalue weighted by molar-refractivity contribution is 0.0726. The van der Waals surface area contributed by atoms with Crippen molar-refractivity contribution in [3.05, 3.63) is 51.4 Å². The second-order valence-corrected chi connectivity index (χ2v) is 7.64. The van der Waals surface area contributed by atoms with Crippen LogP contribution in [0, 0.1) is 13.8 Å². The van der Waals surface area contributed by atoms with E-state index in [9.17, 15) is 4.79 Å². The molecule has 0 bridgehead atoms. The molecule has 1 aromatic carbocycles. The first-order chi connectivity index (χ1) is 12.3. The number of hydrogen-bond donors (Lipinski definition) is 1. The molecule has 6 heteroatoms. The van der Waals surface area contributed by atoms with Crippen molar-refractivity contribution in [1.82, 2.24) is 14.9 Å². The summed E-state index contributed by atoms with van der Waals surface area (Å²) in [5.41, 5.74) is 5.16. The summed E-state index contributed by atoms with van der Waals surface area (Å²) in [5, 5.41) is 3.54. The molecule has 1 amide bonds. The first-order valence-corrected chi connectivity index (χ1v) is 9.34. The van der Waals surface area contributed by atoms with Crippen molar-refractivity contribution in [3.63, 3.8) is 0 Å². The van der Waals surface area contributed by atoms with Crippen LogP contribution in [0.4, 0.5) is 5.82 Å². The van der Waals surface area contributed by atoms with Gasteiger partial charge in [-0.2, -0.15) is 0 Å². The van der Waals surface area contributed by atoms with Crippen LogP contribution in [0.2, 0.25) is 5.28 Å². The van der Waals surface area contributed by atoms with Gasteiger partial charge in [-0.1, -0.05) is 18.2 Å². The SMILES string of the molecule is Cc1cccc(CC(C)Nc2nc(Cl)nc3c2CN(C(C)C)C3=O)c1C. The molecule has 1 unspecified atom stereocenters. The summed E-state index contributed by atoms with van der Waals surface area (Å²) in [6.07, 6.45) is 0.867. The minimum atomic E-state index is -0.0791. The van der Waals surface area contributed by atoms with Crippen LogP contribution in [-0.4, -0.2) is 32.9 Å². The molecule has 5 nitrogen and oxygen atoms in total. The number of carbonyl (C=O) groups excluding carboxylic acids is 1. The van der Waals surface area contributed by atoms with Gasteiger partial charge in [-0.15, -0.1) is 0 Å². The fourth-order valence-electron chi connectivity index (χ4n) is 3.35. The number of hydrogen-bond acceptors (Lipinski definition) is 4. The monoisotopic (exact) mass is 372 g/mol.